The average Bonchev–Trinajstić information content (AvgIpc) is 2.46. The van der Waals surface area contributed by atoms with Gasteiger partial charge in [-0.25, -0.2) is 4.98 Å². The van der Waals surface area contributed by atoms with Gasteiger partial charge in [-0.1, -0.05) is 20.8 Å². The van der Waals surface area contributed by atoms with Gasteiger partial charge in [0.05, 0.1) is 0 Å². The van der Waals surface area contributed by atoms with E-state index in [0.29, 0.717) is 5.75 Å². The molecular weight excluding hydrogens is 196 g/mol. The van der Waals surface area contributed by atoms with Crippen molar-refractivity contribution in [1.29, 1.82) is 0 Å². The number of hydrogen-bond acceptors (Lipinski definition) is 3. The molecule has 0 spiro atoms. The van der Waals surface area contributed by atoms with E-state index in [1.807, 2.05) is 17.8 Å². The minimum atomic E-state index is -0.473. The van der Waals surface area contributed by atoms with Crippen LogP contribution in [0, 0.1) is 0 Å². The Hall–Kier alpha value is -0.480. The zero-order valence-electron chi connectivity index (χ0n) is 9.19. The standard InChI is InChI=1S/C10H18N2OS/c1-10(2,3)14-7-8(13)9-11-5-6-12(9)4/h5-6,8,13H,7H2,1-4H3. The van der Waals surface area contributed by atoms with Gasteiger partial charge in [0.25, 0.3) is 0 Å². The molecule has 0 aliphatic heterocycles. The van der Waals surface area contributed by atoms with Crippen LogP contribution in [0.4, 0.5) is 0 Å². The van der Waals surface area contributed by atoms with E-state index in [1.165, 1.54) is 0 Å². The summed E-state index contributed by atoms with van der Waals surface area (Å²) in [6.45, 7) is 6.43. The van der Waals surface area contributed by atoms with Gasteiger partial charge in [-0.05, 0) is 0 Å². The van der Waals surface area contributed by atoms with E-state index in [-0.39, 0.29) is 4.75 Å². The lowest BCUT2D eigenvalue weighted by molar-refractivity contribution is 0.190. The van der Waals surface area contributed by atoms with Crippen molar-refractivity contribution in [2.24, 2.45) is 7.05 Å². The van der Waals surface area contributed by atoms with Gasteiger partial charge in [-0.3, -0.25) is 0 Å². The van der Waals surface area contributed by atoms with Gasteiger partial charge in [0, 0.05) is 29.9 Å². The highest BCUT2D eigenvalue weighted by Crippen LogP contribution is 2.27. The molecule has 1 unspecified atom stereocenters. The summed E-state index contributed by atoms with van der Waals surface area (Å²) in [6.07, 6.45) is 3.08. The molecule has 0 aromatic carbocycles. The monoisotopic (exact) mass is 214 g/mol. The molecule has 0 radical (unpaired) electrons. The van der Waals surface area contributed by atoms with Crippen LogP contribution in [-0.4, -0.2) is 25.2 Å². The number of aromatic nitrogens is 2. The second-order valence-corrected chi connectivity index (χ2v) is 6.18. The summed E-state index contributed by atoms with van der Waals surface area (Å²) in [5, 5.41) is 9.85. The number of aryl methyl sites for hydroxylation is 1. The molecule has 1 aromatic heterocycles. The molecule has 4 heteroatoms. The van der Waals surface area contributed by atoms with Crippen LogP contribution in [0.2, 0.25) is 0 Å². The third-order valence-electron chi connectivity index (χ3n) is 1.83. The number of thioether (sulfide) groups is 1. The lowest BCUT2D eigenvalue weighted by atomic mass is 10.3. The second kappa shape index (κ2) is 4.36. The molecule has 1 atom stereocenters. The minimum Gasteiger partial charge on any atom is -0.384 e. The molecule has 0 aliphatic rings. The van der Waals surface area contributed by atoms with Crippen LogP contribution in [0.1, 0.15) is 32.7 Å². The van der Waals surface area contributed by atoms with Gasteiger partial charge < -0.3 is 9.67 Å². The van der Waals surface area contributed by atoms with Crippen LogP contribution in [0.15, 0.2) is 12.4 Å². The van der Waals surface area contributed by atoms with Crippen molar-refractivity contribution in [3.63, 3.8) is 0 Å². The van der Waals surface area contributed by atoms with Gasteiger partial charge in [0.15, 0.2) is 0 Å². The zero-order chi connectivity index (χ0) is 10.8. The number of aliphatic hydroxyl groups excluding tert-OH is 1. The fourth-order valence-corrected chi connectivity index (χ4v) is 1.91. The summed E-state index contributed by atoms with van der Waals surface area (Å²) < 4.78 is 2.04. The SMILES string of the molecule is Cn1ccnc1C(O)CSC(C)(C)C. The highest BCUT2D eigenvalue weighted by Gasteiger charge is 2.17. The molecule has 1 heterocycles. The third kappa shape index (κ3) is 3.35. The Bertz CT molecular complexity index is 291. The van der Waals surface area contributed by atoms with Crippen LogP contribution in [0.25, 0.3) is 0 Å². The average molecular weight is 214 g/mol. The molecule has 1 aromatic rings. The van der Waals surface area contributed by atoms with Gasteiger partial charge >= 0.3 is 0 Å². The van der Waals surface area contributed by atoms with Gasteiger partial charge in [-0.15, -0.1) is 0 Å². The molecule has 0 amide bonds. The Morgan fingerprint density at radius 2 is 2.21 bits per heavy atom. The first kappa shape index (κ1) is 11.6. The number of rotatable bonds is 3. The second-order valence-electron chi connectivity index (χ2n) is 4.34. The summed E-state index contributed by atoms with van der Waals surface area (Å²) in [5.41, 5.74) is 0. The Labute approximate surface area is 89.5 Å². The van der Waals surface area contributed by atoms with E-state index in [1.54, 1.807) is 18.0 Å². The normalized spacial score (nSPS) is 14.4. The van der Waals surface area contributed by atoms with Crippen molar-refractivity contribution in [2.75, 3.05) is 5.75 Å². The van der Waals surface area contributed by atoms with E-state index in [4.69, 9.17) is 0 Å². The predicted molar refractivity (Wildman–Crippen MR) is 60.4 cm³/mol. The minimum absolute atomic E-state index is 0.187. The summed E-state index contributed by atoms with van der Waals surface area (Å²) in [7, 11) is 1.90. The Balaban J connectivity index is 2.51. The van der Waals surface area contributed by atoms with Crippen LogP contribution >= 0.6 is 11.8 Å². The first-order valence-electron chi connectivity index (χ1n) is 4.69. The van der Waals surface area contributed by atoms with Gasteiger partial charge in [0.1, 0.15) is 11.9 Å². The summed E-state index contributed by atoms with van der Waals surface area (Å²) in [4.78, 5) is 4.12. The van der Waals surface area contributed by atoms with Crippen LogP contribution in [0.5, 0.6) is 0 Å². The molecule has 0 saturated carbocycles. The van der Waals surface area contributed by atoms with Crippen molar-refractivity contribution in [2.45, 2.75) is 31.6 Å². The molecule has 3 nitrogen and oxygen atoms in total. The lowest BCUT2D eigenvalue weighted by Crippen LogP contribution is -2.14. The first-order valence-corrected chi connectivity index (χ1v) is 5.68. The maximum Gasteiger partial charge on any atom is 0.138 e. The van der Waals surface area contributed by atoms with Crippen molar-refractivity contribution >= 4 is 11.8 Å². The fraction of sp³-hybridized carbons (Fsp3) is 0.700. The highest BCUT2D eigenvalue weighted by atomic mass is 32.2. The topological polar surface area (TPSA) is 38.0 Å². The smallest absolute Gasteiger partial charge is 0.138 e. The Kier molecular flexibility index (Phi) is 3.61. The number of imidazole rings is 1. The largest absolute Gasteiger partial charge is 0.384 e. The highest BCUT2D eigenvalue weighted by molar-refractivity contribution is 8.00. The lowest BCUT2D eigenvalue weighted by Gasteiger charge is -2.19. The quantitative estimate of drug-likeness (QED) is 0.836. The molecule has 1 rings (SSSR count). The number of nitrogens with zero attached hydrogens (tertiary/aromatic N) is 2. The molecular formula is C10H18N2OS. The van der Waals surface area contributed by atoms with Gasteiger partial charge in [0.2, 0.25) is 0 Å². The molecule has 0 bridgehead atoms. The van der Waals surface area contributed by atoms with Crippen molar-refractivity contribution in [1.82, 2.24) is 9.55 Å². The molecule has 0 aliphatic carbocycles. The first-order chi connectivity index (χ1) is 6.40. The Morgan fingerprint density at radius 3 is 2.64 bits per heavy atom. The number of aliphatic hydroxyl groups is 1. The maximum absolute atomic E-state index is 9.85. The van der Waals surface area contributed by atoms with Gasteiger partial charge in [-0.2, -0.15) is 11.8 Å². The summed E-state index contributed by atoms with van der Waals surface area (Å²) in [5.74, 6) is 1.43. The number of hydrogen-bond donors (Lipinski definition) is 1. The molecule has 0 fully saturated rings. The van der Waals surface area contributed by atoms with Crippen molar-refractivity contribution in [3.05, 3.63) is 18.2 Å². The summed E-state index contributed by atoms with van der Waals surface area (Å²) in [6, 6.07) is 0. The van der Waals surface area contributed by atoms with Crippen LogP contribution in [0.3, 0.4) is 0 Å². The molecule has 14 heavy (non-hydrogen) atoms. The van der Waals surface area contributed by atoms with E-state index in [9.17, 15) is 5.11 Å². The third-order valence-corrected chi connectivity index (χ3v) is 3.18. The van der Waals surface area contributed by atoms with E-state index in [2.05, 4.69) is 25.8 Å². The van der Waals surface area contributed by atoms with Crippen molar-refractivity contribution < 1.29 is 5.11 Å². The fourth-order valence-electron chi connectivity index (χ4n) is 1.10. The molecule has 80 valence electrons. The van der Waals surface area contributed by atoms with E-state index >= 15 is 0 Å². The van der Waals surface area contributed by atoms with Crippen LogP contribution < -0.4 is 0 Å². The van der Waals surface area contributed by atoms with E-state index < -0.39 is 6.10 Å². The summed E-state index contributed by atoms with van der Waals surface area (Å²) >= 11 is 1.75. The maximum atomic E-state index is 9.85. The molecule has 0 saturated heterocycles. The predicted octanol–water partition coefficient (Wildman–Crippen LogP) is 1.99. The van der Waals surface area contributed by atoms with Crippen molar-refractivity contribution in [3.8, 4) is 0 Å². The zero-order valence-corrected chi connectivity index (χ0v) is 10.0. The van der Waals surface area contributed by atoms with Crippen LogP contribution in [-0.2, 0) is 7.05 Å². The molecule has 1 N–H and O–H groups in total. The van der Waals surface area contributed by atoms with E-state index in [0.717, 1.165) is 5.82 Å². The Morgan fingerprint density at radius 1 is 1.57 bits per heavy atom.